The summed E-state index contributed by atoms with van der Waals surface area (Å²) in [5.74, 6) is -2.76. The van der Waals surface area contributed by atoms with Crippen LogP contribution in [-0.4, -0.2) is 38.1 Å². The van der Waals surface area contributed by atoms with Crippen LogP contribution in [0, 0.1) is 13.8 Å². The van der Waals surface area contributed by atoms with Crippen LogP contribution in [0.25, 0.3) is 33.6 Å². The second-order valence-electron chi connectivity index (χ2n) is 8.38. The van der Waals surface area contributed by atoms with Gasteiger partial charge in [-0.25, -0.2) is 0 Å². The summed E-state index contributed by atoms with van der Waals surface area (Å²) in [6.45, 7) is 6.80. The van der Waals surface area contributed by atoms with Gasteiger partial charge in [0, 0.05) is 52.6 Å². The van der Waals surface area contributed by atoms with Gasteiger partial charge in [-0.3, -0.25) is 9.97 Å². The molecule has 2 heterocycles. The van der Waals surface area contributed by atoms with E-state index in [1.165, 1.54) is 0 Å². The van der Waals surface area contributed by atoms with Gasteiger partial charge in [-0.1, -0.05) is 36.4 Å². The normalized spacial score (nSPS) is 9.20. The molecule has 10 nitrogen and oxygen atoms in total. The van der Waals surface area contributed by atoms with Gasteiger partial charge in [0.1, 0.15) is 11.5 Å². The SMILES string of the molecule is CC(=O)[O-].CC(=O)[O-].CC(=O)[O-].Cc1ccc(-c2ccc(-c3ccc(-c4ccc(C)cc4O)cn3)nc2)c(O)c1.[Mn+3]. The summed E-state index contributed by atoms with van der Waals surface area (Å²) in [7, 11) is 0. The van der Waals surface area contributed by atoms with Crippen molar-refractivity contribution in [1.29, 1.82) is 0 Å². The topological polar surface area (TPSA) is 187 Å². The van der Waals surface area contributed by atoms with Crippen molar-refractivity contribution >= 4 is 17.9 Å². The number of rotatable bonds is 3. The molecule has 0 aliphatic heterocycles. The van der Waals surface area contributed by atoms with Crippen molar-refractivity contribution in [3.8, 4) is 45.1 Å². The number of aryl methyl sites for hydroxylation is 2. The number of carboxylic acid groups (broad SMARTS) is 3. The van der Waals surface area contributed by atoms with Crippen molar-refractivity contribution in [3.63, 3.8) is 0 Å². The third kappa shape index (κ3) is 13.8. The van der Waals surface area contributed by atoms with E-state index < -0.39 is 17.9 Å². The molecule has 11 heteroatoms. The standard InChI is InChI=1S/C24H20N2O2.3C2H4O2.Mn/c1-15-3-7-19(23(27)11-15)17-5-9-21(25-13-17)22-10-6-18(14-26-22)20-8-4-16(2)12-24(20)28;3*1-2(3)4;/h3-14,27-28H,1-2H3;3*1H3,(H,3,4);/q;;;;+3/p-3. The molecule has 41 heavy (non-hydrogen) atoms. The number of carbonyl (C=O) groups excluding carboxylic acids is 3. The van der Waals surface area contributed by atoms with Crippen molar-refractivity contribution in [3.05, 3.63) is 84.2 Å². The van der Waals surface area contributed by atoms with Crippen molar-refractivity contribution in [1.82, 2.24) is 9.97 Å². The first-order chi connectivity index (χ1) is 18.7. The van der Waals surface area contributed by atoms with E-state index in [0.717, 1.165) is 65.5 Å². The van der Waals surface area contributed by atoms with Gasteiger partial charge in [0.25, 0.3) is 0 Å². The Kier molecular flexibility index (Phi) is 15.7. The number of hydrogen-bond acceptors (Lipinski definition) is 10. The number of aliphatic carboxylic acids is 3. The summed E-state index contributed by atoms with van der Waals surface area (Å²) in [5, 5.41) is 47.0. The Morgan fingerprint density at radius 3 is 1.10 bits per heavy atom. The van der Waals surface area contributed by atoms with E-state index in [1.54, 1.807) is 24.5 Å². The van der Waals surface area contributed by atoms with Gasteiger partial charge < -0.3 is 39.9 Å². The maximum atomic E-state index is 10.1. The van der Waals surface area contributed by atoms with Crippen LogP contribution in [0.4, 0.5) is 0 Å². The molecule has 2 aromatic heterocycles. The molecule has 0 bridgehead atoms. The smallest absolute Gasteiger partial charge is 0.550 e. The summed E-state index contributed by atoms with van der Waals surface area (Å²) in [6.07, 6.45) is 3.47. The summed E-state index contributed by atoms with van der Waals surface area (Å²) >= 11 is 0. The molecule has 0 aliphatic rings. The number of phenols is 2. The van der Waals surface area contributed by atoms with Crippen molar-refractivity contribution < 1.29 is 57.0 Å². The average molecular weight is 601 g/mol. The Bertz CT molecular complexity index is 1310. The molecule has 2 aromatic carbocycles. The predicted molar refractivity (Wildman–Crippen MR) is 143 cm³/mol. The Balaban J connectivity index is 0.00000105. The number of carboxylic acids is 3. The van der Waals surface area contributed by atoms with Crippen LogP contribution in [0.3, 0.4) is 0 Å². The summed E-state index contributed by atoms with van der Waals surface area (Å²) in [4.78, 5) is 35.7. The number of nitrogens with zero attached hydrogens (tertiary/aromatic N) is 2. The Morgan fingerprint density at radius 1 is 0.585 bits per heavy atom. The zero-order valence-electron chi connectivity index (χ0n) is 23.0. The first kappa shape index (κ1) is 36.3. The number of pyridine rings is 2. The van der Waals surface area contributed by atoms with Crippen LogP contribution >= 0.6 is 0 Å². The number of aromatic hydroxyl groups is 2. The van der Waals surface area contributed by atoms with Crippen molar-refractivity contribution in [2.45, 2.75) is 34.6 Å². The van der Waals surface area contributed by atoms with E-state index in [-0.39, 0.29) is 28.6 Å². The zero-order chi connectivity index (χ0) is 30.4. The Hall–Kier alpha value is -4.73. The van der Waals surface area contributed by atoms with Gasteiger partial charge in [-0.2, -0.15) is 0 Å². The summed E-state index contributed by atoms with van der Waals surface area (Å²) in [5.41, 5.74) is 6.71. The van der Waals surface area contributed by atoms with Crippen LogP contribution in [0.2, 0.25) is 0 Å². The number of hydrogen-bond donors (Lipinski definition) is 2. The molecule has 214 valence electrons. The van der Waals surface area contributed by atoms with Crippen LogP contribution in [0.5, 0.6) is 11.5 Å². The van der Waals surface area contributed by atoms with Crippen LogP contribution < -0.4 is 15.3 Å². The van der Waals surface area contributed by atoms with E-state index in [1.807, 2.05) is 62.4 Å². The van der Waals surface area contributed by atoms with Crippen LogP contribution in [0.1, 0.15) is 31.9 Å². The maximum absolute atomic E-state index is 10.1. The van der Waals surface area contributed by atoms with E-state index in [2.05, 4.69) is 9.97 Å². The van der Waals surface area contributed by atoms with Gasteiger partial charge in [-0.05, 0) is 70.0 Å². The molecule has 0 unspecified atom stereocenters. The van der Waals surface area contributed by atoms with Gasteiger partial charge in [-0.15, -0.1) is 0 Å². The molecule has 0 amide bonds. The molecular weight excluding hydrogens is 571 g/mol. The fraction of sp³-hybridized carbons (Fsp3) is 0.167. The van der Waals surface area contributed by atoms with E-state index in [0.29, 0.717) is 0 Å². The van der Waals surface area contributed by atoms with E-state index in [9.17, 15) is 10.2 Å². The number of carbonyl (C=O) groups is 3. The molecule has 0 spiro atoms. The zero-order valence-corrected chi connectivity index (χ0v) is 24.2. The van der Waals surface area contributed by atoms with E-state index in [4.69, 9.17) is 29.7 Å². The number of phenolic OH excluding ortho intramolecular Hbond substituents is 2. The van der Waals surface area contributed by atoms with Gasteiger partial charge in [0.2, 0.25) is 0 Å². The first-order valence-corrected chi connectivity index (χ1v) is 11.8. The first-order valence-electron chi connectivity index (χ1n) is 11.8. The van der Waals surface area contributed by atoms with Crippen molar-refractivity contribution in [2.24, 2.45) is 0 Å². The molecule has 0 radical (unpaired) electrons. The minimum atomic E-state index is -1.08. The predicted octanol–water partition coefficient (Wildman–Crippen LogP) is 1.77. The fourth-order valence-corrected chi connectivity index (χ4v) is 3.18. The average Bonchev–Trinajstić information content (AvgIpc) is 2.83. The summed E-state index contributed by atoms with van der Waals surface area (Å²) < 4.78 is 0. The molecular formula is C30H29MnN2O8. The quantitative estimate of drug-likeness (QED) is 0.328. The number of aromatic nitrogens is 2. The molecule has 2 N–H and O–H groups in total. The minimum Gasteiger partial charge on any atom is -0.550 e. The van der Waals surface area contributed by atoms with Gasteiger partial charge in [0.15, 0.2) is 0 Å². The molecule has 0 atom stereocenters. The molecule has 0 fully saturated rings. The van der Waals surface area contributed by atoms with Crippen LogP contribution in [-0.2, 0) is 31.5 Å². The van der Waals surface area contributed by atoms with Crippen LogP contribution in [0.15, 0.2) is 73.1 Å². The summed E-state index contributed by atoms with van der Waals surface area (Å²) in [6, 6.07) is 18.8. The molecule has 0 aliphatic carbocycles. The Morgan fingerprint density at radius 2 is 0.878 bits per heavy atom. The van der Waals surface area contributed by atoms with Crippen molar-refractivity contribution in [2.75, 3.05) is 0 Å². The molecule has 0 saturated carbocycles. The Labute approximate surface area is 248 Å². The minimum absolute atomic E-state index is 0. The molecule has 4 aromatic rings. The molecule has 0 saturated heterocycles. The monoisotopic (exact) mass is 600 g/mol. The second-order valence-corrected chi connectivity index (χ2v) is 8.38. The van der Waals surface area contributed by atoms with Gasteiger partial charge in [0.05, 0.1) is 11.4 Å². The molecule has 4 rings (SSSR count). The second kappa shape index (κ2) is 17.8. The van der Waals surface area contributed by atoms with E-state index >= 15 is 0 Å². The third-order valence-corrected chi connectivity index (χ3v) is 4.72. The maximum Gasteiger partial charge on any atom is 3.00 e. The number of benzene rings is 2. The van der Waals surface area contributed by atoms with Gasteiger partial charge >= 0.3 is 17.1 Å². The third-order valence-electron chi connectivity index (χ3n) is 4.72. The fourth-order valence-electron chi connectivity index (χ4n) is 3.18. The largest absolute Gasteiger partial charge is 3.00 e.